The number of oxazole rings is 1. The van der Waals surface area contributed by atoms with Gasteiger partial charge >= 0.3 is 0 Å². The summed E-state index contributed by atoms with van der Waals surface area (Å²) in [6.45, 7) is 7.08. The number of rotatable bonds is 7. The molecular formula is C26H30N2O6S. The molecule has 3 heterocycles. The van der Waals surface area contributed by atoms with E-state index in [2.05, 4.69) is 11.9 Å². The number of aromatic nitrogens is 1. The van der Waals surface area contributed by atoms with Gasteiger partial charge in [0.2, 0.25) is 26.6 Å². The molecule has 0 radical (unpaired) electrons. The molecule has 0 aliphatic carbocycles. The molecule has 1 saturated heterocycles. The second-order valence-corrected chi connectivity index (χ2v) is 10.9. The Labute approximate surface area is 205 Å². The van der Waals surface area contributed by atoms with Gasteiger partial charge in [0.05, 0.1) is 11.5 Å². The number of nitrogens with zero attached hydrogens (tertiary/aromatic N) is 2. The summed E-state index contributed by atoms with van der Waals surface area (Å²) in [5.41, 5.74) is 0.684. The van der Waals surface area contributed by atoms with E-state index < -0.39 is 9.84 Å². The fourth-order valence-corrected chi connectivity index (χ4v) is 5.72. The topological polar surface area (TPSA) is 91.1 Å². The summed E-state index contributed by atoms with van der Waals surface area (Å²) in [6, 6.07) is 12.0. The summed E-state index contributed by atoms with van der Waals surface area (Å²) in [4.78, 5) is 6.61. The number of benzene rings is 2. The van der Waals surface area contributed by atoms with Gasteiger partial charge in [-0.15, -0.1) is 0 Å². The van der Waals surface area contributed by atoms with Gasteiger partial charge in [0, 0.05) is 24.7 Å². The van der Waals surface area contributed by atoms with Crippen LogP contribution in [-0.4, -0.2) is 46.3 Å². The minimum atomic E-state index is -3.98. The summed E-state index contributed by atoms with van der Waals surface area (Å²) < 4.78 is 50.6. The van der Waals surface area contributed by atoms with Crippen molar-refractivity contribution in [2.75, 3.05) is 37.8 Å². The van der Waals surface area contributed by atoms with Crippen LogP contribution in [0.4, 0.5) is 5.88 Å². The van der Waals surface area contributed by atoms with Crippen molar-refractivity contribution in [1.82, 2.24) is 4.98 Å². The molecule has 1 aromatic heterocycles. The molecule has 2 aromatic carbocycles. The van der Waals surface area contributed by atoms with E-state index in [1.165, 1.54) is 12.1 Å². The van der Waals surface area contributed by atoms with Crippen LogP contribution >= 0.6 is 0 Å². The number of hydrogen-bond acceptors (Lipinski definition) is 8. The van der Waals surface area contributed by atoms with E-state index in [1.807, 2.05) is 36.1 Å². The van der Waals surface area contributed by atoms with Crippen LogP contribution in [0.3, 0.4) is 0 Å². The molecule has 2 aliphatic heterocycles. The molecule has 3 aromatic rings. The van der Waals surface area contributed by atoms with Gasteiger partial charge in [-0.3, -0.25) is 0 Å². The Morgan fingerprint density at radius 3 is 2.60 bits per heavy atom. The van der Waals surface area contributed by atoms with E-state index in [1.54, 1.807) is 6.07 Å². The SMILES string of the molecule is CCCOc1ccc(-c2nc(S(=O)(=O)c3ccc4c(c3)OCCO4)c(N3CCCC(C)C3)o2)cc1. The van der Waals surface area contributed by atoms with E-state index in [0.717, 1.165) is 25.0 Å². The van der Waals surface area contributed by atoms with Crippen molar-refractivity contribution in [3.63, 3.8) is 0 Å². The molecule has 0 N–H and O–H groups in total. The molecule has 0 saturated carbocycles. The smallest absolute Gasteiger partial charge is 0.236 e. The molecule has 0 bridgehead atoms. The average Bonchev–Trinajstić information content (AvgIpc) is 3.34. The van der Waals surface area contributed by atoms with Gasteiger partial charge in [0.1, 0.15) is 19.0 Å². The van der Waals surface area contributed by atoms with Crippen molar-refractivity contribution in [2.45, 2.75) is 43.0 Å². The molecule has 35 heavy (non-hydrogen) atoms. The Bertz CT molecular complexity index is 1290. The third-order valence-corrected chi connectivity index (χ3v) is 7.83. The van der Waals surface area contributed by atoms with E-state index in [9.17, 15) is 8.42 Å². The lowest BCUT2D eigenvalue weighted by Crippen LogP contribution is -2.34. The Kier molecular flexibility index (Phi) is 6.60. The quantitative estimate of drug-likeness (QED) is 0.451. The average molecular weight is 499 g/mol. The van der Waals surface area contributed by atoms with Crippen LogP contribution in [-0.2, 0) is 9.84 Å². The molecule has 0 spiro atoms. The second-order valence-electron chi connectivity index (χ2n) is 9.00. The maximum absolute atomic E-state index is 13.8. The molecule has 2 aliphatic rings. The Hall–Kier alpha value is -3.20. The van der Waals surface area contributed by atoms with Crippen molar-refractivity contribution >= 4 is 15.7 Å². The lowest BCUT2D eigenvalue weighted by Gasteiger charge is -2.30. The van der Waals surface area contributed by atoms with Crippen LogP contribution in [0, 0.1) is 5.92 Å². The lowest BCUT2D eigenvalue weighted by molar-refractivity contribution is 0.171. The second kappa shape index (κ2) is 9.81. The molecule has 8 nitrogen and oxygen atoms in total. The minimum Gasteiger partial charge on any atom is -0.494 e. The van der Waals surface area contributed by atoms with Gasteiger partial charge in [0.25, 0.3) is 0 Å². The van der Waals surface area contributed by atoms with Crippen LogP contribution in [0.5, 0.6) is 17.2 Å². The summed E-state index contributed by atoms with van der Waals surface area (Å²) in [7, 11) is -3.98. The third kappa shape index (κ3) is 4.82. The molecule has 1 unspecified atom stereocenters. The molecule has 5 rings (SSSR count). The molecule has 1 fully saturated rings. The summed E-state index contributed by atoms with van der Waals surface area (Å²) >= 11 is 0. The van der Waals surface area contributed by atoms with Crippen molar-refractivity contribution in [3.05, 3.63) is 42.5 Å². The highest BCUT2D eigenvalue weighted by Gasteiger charge is 2.33. The zero-order valence-corrected chi connectivity index (χ0v) is 20.8. The standard InChI is InChI=1S/C26H30N2O6S/c1-3-13-31-20-8-6-19(7-9-20)24-27-25(26(34-24)28-12-4-5-18(2)17-28)35(29,30)21-10-11-22-23(16-21)33-15-14-32-22/h6-11,16,18H,3-5,12-15,17H2,1-2H3. The minimum absolute atomic E-state index is 0.0791. The predicted molar refractivity (Wildman–Crippen MR) is 131 cm³/mol. The summed E-state index contributed by atoms with van der Waals surface area (Å²) in [6.07, 6.45) is 2.98. The van der Waals surface area contributed by atoms with Crippen LogP contribution in [0.1, 0.15) is 33.1 Å². The highest BCUT2D eigenvalue weighted by molar-refractivity contribution is 7.91. The first-order valence-electron chi connectivity index (χ1n) is 12.1. The number of ether oxygens (including phenoxy) is 3. The maximum atomic E-state index is 13.8. The molecule has 9 heteroatoms. The van der Waals surface area contributed by atoms with Crippen LogP contribution in [0.15, 0.2) is 56.8 Å². The van der Waals surface area contributed by atoms with E-state index >= 15 is 0 Å². The third-order valence-electron chi connectivity index (χ3n) is 6.18. The Morgan fingerprint density at radius 1 is 1.09 bits per heavy atom. The first-order chi connectivity index (χ1) is 17.0. The first-order valence-corrected chi connectivity index (χ1v) is 13.6. The molecular weight excluding hydrogens is 468 g/mol. The fourth-order valence-electron chi connectivity index (χ4n) is 4.39. The van der Waals surface area contributed by atoms with Crippen LogP contribution in [0.2, 0.25) is 0 Å². The van der Waals surface area contributed by atoms with Crippen molar-refractivity contribution in [1.29, 1.82) is 0 Å². The Morgan fingerprint density at radius 2 is 1.86 bits per heavy atom. The van der Waals surface area contributed by atoms with Gasteiger partial charge in [-0.1, -0.05) is 13.8 Å². The highest BCUT2D eigenvalue weighted by Crippen LogP contribution is 2.39. The first kappa shape index (κ1) is 23.5. The number of fused-ring (bicyclic) bond motifs is 1. The monoisotopic (exact) mass is 498 g/mol. The van der Waals surface area contributed by atoms with Crippen LogP contribution in [0.25, 0.3) is 11.5 Å². The van der Waals surface area contributed by atoms with E-state index in [4.69, 9.17) is 18.6 Å². The van der Waals surface area contributed by atoms with Crippen molar-refractivity contribution < 1.29 is 27.0 Å². The number of piperidine rings is 1. The Balaban J connectivity index is 1.55. The summed E-state index contributed by atoms with van der Waals surface area (Å²) in [5, 5.41) is -0.0791. The zero-order valence-electron chi connectivity index (χ0n) is 20.0. The van der Waals surface area contributed by atoms with Gasteiger partial charge in [-0.05, 0) is 61.6 Å². The maximum Gasteiger partial charge on any atom is 0.236 e. The largest absolute Gasteiger partial charge is 0.494 e. The number of hydrogen-bond donors (Lipinski definition) is 0. The number of anilines is 1. The summed E-state index contributed by atoms with van der Waals surface area (Å²) in [5.74, 6) is 2.67. The lowest BCUT2D eigenvalue weighted by atomic mass is 10.0. The zero-order chi connectivity index (χ0) is 24.4. The fraction of sp³-hybridized carbons (Fsp3) is 0.423. The molecule has 0 amide bonds. The van der Waals surface area contributed by atoms with E-state index in [-0.39, 0.29) is 21.7 Å². The molecule has 186 valence electrons. The van der Waals surface area contributed by atoms with Gasteiger partial charge in [-0.2, -0.15) is 4.98 Å². The predicted octanol–water partition coefficient (Wildman–Crippen LogP) is 4.97. The number of sulfone groups is 1. The normalized spacial score (nSPS) is 17.9. The van der Waals surface area contributed by atoms with E-state index in [0.29, 0.717) is 55.9 Å². The van der Waals surface area contributed by atoms with Gasteiger partial charge in [-0.25, -0.2) is 8.42 Å². The van der Waals surface area contributed by atoms with Gasteiger partial charge < -0.3 is 23.5 Å². The highest BCUT2D eigenvalue weighted by atomic mass is 32.2. The van der Waals surface area contributed by atoms with Crippen molar-refractivity contribution in [3.8, 4) is 28.7 Å². The van der Waals surface area contributed by atoms with Gasteiger partial charge in [0.15, 0.2) is 11.5 Å². The molecule has 1 atom stereocenters. The van der Waals surface area contributed by atoms with Crippen molar-refractivity contribution in [2.24, 2.45) is 5.92 Å². The van der Waals surface area contributed by atoms with Crippen LogP contribution < -0.4 is 19.1 Å².